The predicted octanol–water partition coefficient (Wildman–Crippen LogP) is 2.86. The van der Waals surface area contributed by atoms with Gasteiger partial charge in [0.15, 0.2) is 11.5 Å². The van der Waals surface area contributed by atoms with Crippen molar-refractivity contribution in [2.24, 2.45) is 0 Å². The molecule has 0 heterocycles. The van der Waals surface area contributed by atoms with Crippen molar-refractivity contribution >= 4 is 0 Å². The van der Waals surface area contributed by atoms with Crippen LogP contribution in [0.15, 0.2) is 37.4 Å². The van der Waals surface area contributed by atoms with Gasteiger partial charge in [-0.15, -0.1) is 13.2 Å². The Balaban J connectivity index is 3.17. The number of ether oxygens (including phenoxy) is 1. The zero-order chi connectivity index (χ0) is 11.3. The van der Waals surface area contributed by atoms with Crippen molar-refractivity contribution in [3.05, 3.63) is 48.6 Å². The van der Waals surface area contributed by atoms with Crippen molar-refractivity contribution in [1.82, 2.24) is 0 Å². The van der Waals surface area contributed by atoms with Gasteiger partial charge < -0.3 is 9.84 Å². The van der Waals surface area contributed by atoms with Gasteiger partial charge in [0.2, 0.25) is 0 Å². The number of benzene rings is 1. The van der Waals surface area contributed by atoms with E-state index in [0.717, 1.165) is 17.5 Å². The summed E-state index contributed by atoms with van der Waals surface area (Å²) in [5.41, 5.74) is 1.91. The van der Waals surface area contributed by atoms with Gasteiger partial charge in [0.1, 0.15) is 0 Å². The van der Waals surface area contributed by atoms with E-state index in [9.17, 15) is 5.11 Å². The normalized spacial score (nSPS) is 9.67. The highest BCUT2D eigenvalue weighted by molar-refractivity contribution is 5.49. The van der Waals surface area contributed by atoms with Gasteiger partial charge in [0.25, 0.3) is 0 Å². The average molecular weight is 204 g/mol. The molecule has 1 aromatic carbocycles. The molecule has 0 aliphatic carbocycles. The second-order valence-electron chi connectivity index (χ2n) is 3.29. The van der Waals surface area contributed by atoms with E-state index < -0.39 is 0 Å². The van der Waals surface area contributed by atoms with Crippen LogP contribution in [0.5, 0.6) is 11.5 Å². The molecule has 2 heteroatoms. The Labute approximate surface area is 90.5 Å². The van der Waals surface area contributed by atoms with Crippen molar-refractivity contribution in [1.29, 1.82) is 0 Å². The van der Waals surface area contributed by atoms with Gasteiger partial charge in [-0.1, -0.05) is 18.2 Å². The van der Waals surface area contributed by atoms with E-state index >= 15 is 0 Å². The number of phenols is 1. The standard InChI is InChI=1S/C13H16O2/c1-4-6-10-8-11(7-5-2)13(14)12(9-10)15-3/h4-5,8-9,14H,1-2,6-7H2,3H3. The molecule has 0 aromatic heterocycles. The van der Waals surface area contributed by atoms with E-state index in [1.54, 1.807) is 13.2 Å². The average Bonchev–Trinajstić information content (AvgIpc) is 2.23. The van der Waals surface area contributed by atoms with Crippen molar-refractivity contribution in [3.8, 4) is 11.5 Å². The first kappa shape index (κ1) is 11.4. The van der Waals surface area contributed by atoms with Crippen LogP contribution >= 0.6 is 0 Å². The maximum atomic E-state index is 9.81. The molecule has 15 heavy (non-hydrogen) atoms. The van der Waals surface area contributed by atoms with Crippen LogP contribution in [0.3, 0.4) is 0 Å². The van der Waals surface area contributed by atoms with Crippen LogP contribution in [0.2, 0.25) is 0 Å². The quantitative estimate of drug-likeness (QED) is 0.747. The Kier molecular flexibility index (Phi) is 3.98. The predicted molar refractivity (Wildman–Crippen MR) is 62.5 cm³/mol. The maximum Gasteiger partial charge on any atom is 0.161 e. The second kappa shape index (κ2) is 5.25. The molecular weight excluding hydrogens is 188 g/mol. The van der Waals surface area contributed by atoms with Crippen LogP contribution in [-0.4, -0.2) is 12.2 Å². The Hall–Kier alpha value is -1.70. The molecule has 2 nitrogen and oxygen atoms in total. The van der Waals surface area contributed by atoms with E-state index in [1.165, 1.54) is 0 Å². The van der Waals surface area contributed by atoms with Gasteiger partial charge in [0, 0.05) is 5.56 Å². The van der Waals surface area contributed by atoms with Crippen LogP contribution in [0.4, 0.5) is 0 Å². The van der Waals surface area contributed by atoms with Crippen LogP contribution in [0.25, 0.3) is 0 Å². The van der Waals surface area contributed by atoms with Crippen molar-refractivity contribution in [2.75, 3.05) is 7.11 Å². The van der Waals surface area contributed by atoms with Crippen molar-refractivity contribution in [2.45, 2.75) is 12.8 Å². The van der Waals surface area contributed by atoms with Crippen molar-refractivity contribution in [3.63, 3.8) is 0 Å². The monoisotopic (exact) mass is 204 g/mol. The molecule has 0 unspecified atom stereocenters. The molecule has 0 atom stereocenters. The fraction of sp³-hybridized carbons (Fsp3) is 0.231. The Morgan fingerprint density at radius 3 is 2.47 bits per heavy atom. The van der Waals surface area contributed by atoms with Crippen LogP contribution in [0.1, 0.15) is 11.1 Å². The highest BCUT2D eigenvalue weighted by atomic mass is 16.5. The SMILES string of the molecule is C=CCc1cc(CC=C)c(O)c(OC)c1. The molecule has 0 saturated heterocycles. The first-order valence-corrected chi connectivity index (χ1v) is 4.83. The topological polar surface area (TPSA) is 29.5 Å². The molecule has 0 saturated carbocycles. The van der Waals surface area contributed by atoms with Gasteiger partial charge in [-0.25, -0.2) is 0 Å². The number of allylic oxidation sites excluding steroid dienone is 2. The summed E-state index contributed by atoms with van der Waals surface area (Å²) in [6, 6.07) is 3.77. The molecular formula is C13H16O2. The molecule has 0 aliphatic rings. The molecule has 1 rings (SSSR count). The van der Waals surface area contributed by atoms with Gasteiger partial charge in [-0.3, -0.25) is 0 Å². The molecule has 80 valence electrons. The Bertz CT molecular complexity index is 367. The largest absolute Gasteiger partial charge is 0.504 e. The Morgan fingerprint density at radius 1 is 1.27 bits per heavy atom. The van der Waals surface area contributed by atoms with Gasteiger partial charge >= 0.3 is 0 Å². The van der Waals surface area contributed by atoms with Crippen LogP contribution < -0.4 is 4.74 Å². The third-order valence-electron chi connectivity index (χ3n) is 2.18. The third kappa shape index (κ3) is 2.62. The minimum atomic E-state index is 0.199. The van der Waals surface area contributed by atoms with E-state index in [1.807, 2.05) is 18.2 Å². The summed E-state index contributed by atoms with van der Waals surface area (Å²) in [6.07, 6.45) is 4.98. The summed E-state index contributed by atoms with van der Waals surface area (Å²) in [6.45, 7) is 7.34. The van der Waals surface area contributed by atoms with Gasteiger partial charge in [-0.05, 0) is 24.5 Å². The van der Waals surface area contributed by atoms with Gasteiger partial charge in [0.05, 0.1) is 7.11 Å². The smallest absolute Gasteiger partial charge is 0.161 e. The summed E-state index contributed by atoms with van der Waals surface area (Å²) in [4.78, 5) is 0. The van der Waals surface area contributed by atoms with Crippen LogP contribution in [-0.2, 0) is 12.8 Å². The fourth-order valence-corrected chi connectivity index (χ4v) is 1.48. The second-order valence-corrected chi connectivity index (χ2v) is 3.29. The number of methoxy groups -OCH3 is 1. The molecule has 0 radical (unpaired) electrons. The summed E-state index contributed by atoms with van der Waals surface area (Å²) >= 11 is 0. The van der Waals surface area contributed by atoms with E-state index in [-0.39, 0.29) is 5.75 Å². The summed E-state index contributed by atoms with van der Waals surface area (Å²) < 4.78 is 5.10. The highest BCUT2D eigenvalue weighted by Crippen LogP contribution is 2.32. The molecule has 1 aromatic rings. The first-order valence-electron chi connectivity index (χ1n) is 4.83. The van der Waals surface area contributed by atoms with Gasteiger partial charge in [-0.2, -0.15) is 0 Å². The van der Waals surface area contributed by atoms with Crippen LogP contribution in [0, 0.1) is 0 Å². The molecule has 0 aliphatic heterocycles. The lowest BCUT2D eigenvalue weighted by Crippen LogP contribution is -1.92. The molecule has 0 spiro atoms. The molecule has 0 amide bonds. The zero-order valence-electron chi connectivity index (χ0n) is 8.99. The Morgan fingerprint density at radius 2 is 1.93 bits per heavy atom. The third-order valence-corrected chi connectivity index (χ3v) is 2.18. The summed E-state index contributed by atoms with van der Waals surface area (Å²) in [5.74, 6) is 0.705. The number of hydrogen-bond acceptors (Lipinski definition) is 2. The number of phenolic OH excluding ortho intramolecular Hbond substituents is 1. The zero-order valence-corrected chi connectivity index (χ0v) is 8.99. The highest BCUT2D eigenvalue weighted by Gasteiger charge is 2.08. The lowest BCUT2D eigenvalue weighted by atomic mass is 10.0. The van der Waals surface area contributed by atoms with E-state index in [4.69, 9.17) is 4.74 Å². The lowest BCUT2D eigenvalue weighted by Gasteiger charge is -2.10. The summed E-state index contributed by atoms with van der Waals surface area (Å²) in [7, 11) is 1.55. The van der Waals surface area contributed by atoms with E-state index in [0.29, 0.717) is 12.2 Å². The van der Waals surface area contributed by atoms with Crippen molar-refractivity contribution < 1.29 is 9.84 Å². The molecule has 1 N–H and O–H groups in total. The molecule has 0 bridgehead atoms. The number of aromatic hydroxyl groups is 1. The minimum Gasteiger partial charge on any atom is -0.504 e. The molecule has 0 fully saturated rings. The number of hydrogen-bond donors (Lipinski definition) is 1. The first-order chi connectivity index (χ1) is 7.22. The number of rotatable bonds is 5. The lowest BCUT2D eigenvalue weighted by molar-refractivity contribution is 0.370. The minimum absolute atomic E-state index is 0.199. The van der Waals surface area contributed by atoms with E-state index in [2.05, 4.69) is 13.2 Å². The summed E-state index contributed by atoms with van der Waals surface area (Å²) in [5, 5.41) is 9.81. The maximum absolute atomic E-state index is 9.81. The fourth-order valence-electron chi connectivity index (χ4n) is 1.48.